The third-order valence-corrected chi connectivity index (χ3v) is 3.74. The fourth-order valence-corrected chi connectivity index (χ4v) is 2.67. The first kappa shape index (κ1) is 11.2. The molecule has 0 saturated heterocycles. The van der Waals surface area contributed by atoms with E-state index in [0.717, 1.165) is 18.5 Å². The molecule has 0 saturated carbocycles. The molecule has 3 rings (SSSR count). The van der Waals surface area contributed by atoms with Crippen molar-refractivity contribution in [1.29, 1.82) is 0 Å². The number of rotatable bonds is 2. The van der Waals surface area contributed by atoms with Crippen LogP contribution in [0.25, 0.3) is 11.1 Å². The van der Waals surface area contributed by atoms with Crippen LogP contribution in [0.4, 0.5) is 0 Å². The van der Waals surface area contributed by atoms with Gasteiger partial charge in [0.15, 0.2) is 5.78 Å². The molecule has 0 amide bonds. The molecule has 0 fully saturated rings. The third-order valence-electron chi connectivity index (χ3n) is 3.74. The fraction of sp³-hybridized carbons (Fsp3) is 0.333. The number of nitrogens with zero attached hydrogens (tertiary/aromatic N) is 2. The van der Waals surface area contributed by atoms with Gasteiger partial charge in [-0.25, -0.2) is 0 Å². The number of ketones is 1. The predicted octanol–water partition coefficient (Wildman–Crippen LogP) is 3.01. The summed E-state index contributed by atoms with van der Waals surface area (Å²) < 4.78 is 1.99. The van der Waals surface area contributed by atoms with Crippen LogP contribution in [-0.4, -0.2) is 15.6 Å². The minimum absolute atomic E-state index is 0.275. The highest BCUT2D eigenvalue weighted by molar-refractivity contribution is 6.00. The molecule has 3 heteroatoms. The van der Waals surface area contributed by atoms with Crippen LogP contribution >= 0.6 is 0 Å². The lowest BCUT2D eigenvalue weighted by atomic mass is 10.0. The van der Waals surface area contributed by atoms with Crippen molar-refractivity contribution < 1.29 is 4.79 Å². The number of carbonyl (C=O) groups is 1. The highest BCUT2D eigenvalue weighted by Crippen LogP contribution is 2.29. The van der Waals surface area contributed by atoms with E-state index in [9.17, 15) is 4.79 Å². The van der Waals surface area contributed by atoms with Gasteiger partial charge in [-0.3, -0.25) is 9.48 Å². The van der Waals surface area contributed by atoms with Gasteiger partial charge in [0, 0.05) is 29.8 Å². The molecular formula is C15H16N2O. The SMILES string of the molecule is CCn1ncc(-c2ccc3c(c2)CCC3=O)c1C. The van der Waals surface area contributed by atoms with Crippen LogP contribution in [0.1, 0.15) is 35.0 Å². The molecule has 0 atom stereocenters. The average molecular weight is 240 g/mol. The molecule has 0 aliphatic heterocycles. The van der Waals surface area contributed by atoms with Crippen LogP contribution in [0.2, 0.25) is 0 Å². The Hall–Kier alpha value is -1.90. The second-order valence-electron chi connectivity index (χ2n) is 4.75. The van der Waals surface area contributed by atoms with Gasteiger partial charge in [-0.15, -0.1) is 0 Å². The number of hydrogen-bond acceptors (Lipinski definition) is 2. The lowest BCUT2D eigenvalue weighted by Gasteiger charge is -2.05. The third kappa shape index (κ3) is 1.58. The van der Waals surface area contributed by atoms with Gasteiger partial charge in [0.1, 0.15) is 0 Å². The Balaban J connectivity index is 2.08. The van der Waals surface area contributed by atoms with Crippen molar-refractivity contribution in [2.45, 2.75) is 33.2 Å². The van der Waals surface area contributed by atoms with Crippen molar-refractivity contribution in [2.75, 3.05) is 0 Å². The average Bonchev–Trinajstić information content (AvgIpc) is 2.93. The summed E-state index contributed by atoms with van der Waals surface area (Å²) in [4.78, 5) is 11.6. The van der Waals surface area contributed by atoms with Gasteiger partial charge in [-0.1, -0.05) is 18.2 Å². The quantitative estimate of drug-likeness (QED) is 0.808. The van der Waals surface area contributed by atoms with Gasteiger partial charge in [0.2, 0.25) is 0 Å². The minimum atomic E-state index is 0.275. The Morgan fingerprint density at radius 1 is 1.28 bits per heavy atom. The van der Waals surface area contributed by atoms with Crippen LogP contribution in [0.3, 0.4) is 0 Å². The van der Waals surface area contributed by atoms with Crippen LogP contribution in [0.15, 0.2) is 24.4 Å². The van der Waals surface area contributed by atoms with Gasteiger partial charge >= 0.3 is 0 Å². The molecule has 1 aliphatic carbocycles. The first-order valence-corrected chi connectivity index (χ1v) is 6.39. The summed E-state index contributed by atoms with van der Waals surface area (Å²) >= 11 is 0. The Morgan fingerprint density at radius 2 is 2.11 bits per heavy atom. The standard InChI is InChI=1S/C15H16N2O/c1-3-17-10(2)14(9-16-17)12-4-6-13-11(8-12)5-7-15(13)18/h4,6,8-9H,3,5,7H2,1-2H3. The van der Waals surface area contributed by atoms with Crippen molar-refractivity contribution in [3.8, 4) is 11.1 Å². The Bertz CT molecular complexity index is 625. The second kappa shape index (κ2) is 4.09. The molecular weight excluding hydrogens is 224 g/mol. The molecule has 3 nitrogen and oxygen atoms in total. The molecule has 0 spiro atoms. The largest absolute Gasteiger partial charge is 0.294 e. The fourth-order valence-electron chi connectivity index (χ4n) is 2.67. The number of aryl methyl sites for hydroxylation is 2. The van der Waals surface area contributed by atoms with E-state index >= 15 is 0 Å². The summed E-state index contributed by atoms with van der Waals surface area (Å²) in [6.45, 7) is 5.06. The highest BCUT2D eigenvalue weighted by atomic mass is 16.1. The number of carbonyl (C=O) groups excluding carboxylic acids is 1. The maximum Gasteiger partial charge on any atom is 0.163 e. The number of Topliss-reactive ketones (excluding diaryl/α,β-unsaturated/α-hetero) is 1. The zero-order valence-corrected chi connectivity index (χ0v) is 10.7. The molecule has 0 unspecified atom stereocenters. The summed E-state index contributed by atoms with van der Waals surface area (Å²) in [7, 11) is 0. The molecule has 1 aromatic heterocycles. The first-order valence-electron chi connectivity index (χ1n) is 6.39. The van der Waals surface area contributed by atoms with Gasteiger partial charge in [0.25, 0.3) is 0 Å². The Morgan fingerprint density at radius 3 is 2.83 bits per heavy atom. The van der Waals surface area contributed by atoms with Gasteiger partial charge < -0.3 is 0 Å². The van der Waals surface area contributed by atoms with E-state index in [0.29, 0.717) is 6.42 Å². The normalized spacial score (nSPS) is 14.0. The zero-order valence-electron chi connectivity index (χ0n) is 10.7. The monoisotopic (exact) mass is 240 g/mol. The molecule has 92 valence electrons. The minimum Gasteiger partial charge on any atom is -0.294 e. The van der Waals surface area contributed by atoms with E-state index in [1.165, 1.54) is 22.4 Å². The number of benzene rings is 1. The van der Waals surface area contributed by atoms with Crippen LogP contribution in [-0.2, 0) is 13.0 Å². The maximum absolute atomic E-state index is 11.6. The summed E-state index contributed by atoms with van der Waals surface area (Å²) in [5, 5.41) is 4.37. The smallest absolute Gasteiger partial charge is 0.163 e. The van der Waals surface area contributed by atoms with Crippen molar-refractivity contribution in [3.05, 3.63) is 41.2 Å². The molecule has 0 bridgehead atoms. The van der Waals surface area contributed by atoms with E-state index < -0.39 is 0 Å². The zero-order chi connectivity index (χ0) is 12.7. The maximum atomic E-state index is 11.6. The van der Waals surface area contributed by atoms with Gasteiger partial charge in [0.05, 0.1) is 6.20 Å². The van der Waals surface area contributed by atoms with E-state index in [2.05, 4.69) is 25.0 Å². The van der Waals surface area contributed by atoms with E-state index in [1.807, 2.05) is 23.0 Å². The lowest BCUT2D eigenvalue weighted by Crippen LogP contribution is -1.98. The summed E-state index contributed by atoms with van der Waals surface area (Å²) in [5.74, 6) is 0.275. The molecule has 0 N–H and O–H groups in total. The van der Waals surface area contributed by atoms with Crippen molar-refractivity contribution in [2.24, 2.45) is 0 Å². The Labute approximate surface area is 106 Å². The Kier molecular flexibility index (Phi) is 2.54. The van der Waals surface area contributed by atoms with Crippen LogP contribution < -0.4 is 0 Å². The topological polar surface area (TPSA) is 34.9 Å². The van der Waals surface area contributed by atoms with Gasteiger partial charge in [-0.2, -0.15) is 5.10 Å². The van der Waals surface area contributed by atoms with Crippen molar-refractivity contribution >= 4 is 5.78 Å². The van der Waals surface area contributed by atoms with E-state index in [4.69, 9.17) is 0 Å². The predicted molar refractivity (Wildman–Crippen MR) is 70.7 cm³/mol. The highest BCUT2D eigenvalue weighted by Gasteiger charge is 2.20. The molecule has 18 heavy (non-hydrogen) atoms. The summed E-state index contributed by atoms with van der Waals surface area (Å²) in [5.41, 5.74) is 5.60. The summed E-state index contributed by atoms with van der Waals surface area (Å²) in [6, 6.07) is 6.14. The second-order valence-corrected chi connectivity index (χ2v) is 4.75. The van der Waals surface area contributed by atoms with Crippen molar-refractivity contribution in [1.82, 2.24) is 9.78 Å². The molecule has 2 aromatic rings. The lowest BCUT2D eigenvalue weighted by molar-refractivity contribution is 0.0994. The van der Waals surface area contributed by atoms with E-state index in [-0.39, 0.29) is 5.78 Å². The van der Waals surface area contributed by atoms with Crippen molar-refractivity contribution in [3.63, 3.8) is 0 Å². The van der Waals surface area contributed by atoms with Crippen LogP contribution in [0.5, 0.6) is 0 Å². The first-order chi connectivity index (χ1) is 8.70. The summed E-state index contributed by atoms with van der Waals surface area (Å²) in [6.07, 6.45) is 3.45. The molecule has 1 aromatic carbocycles. The molecule has 0 radical (unpaired) electrons. The van der Waals surface area contributed by atoms with Gasteiger partial charge in [-0.05, 0) is 31.4 Å². The number of fused-ring (bicyclic) bond motifs is 1. The van der Waals surface area contributed by atoms with Crippen LogP contribution in [0, 0.1) is 6.92 Å². The number of aromatic nitrogens is 2. The molecule has 1 aliphatic rings. The number of hydrogen-bond donors (Lipinski definition) is 0. The van der Waals surface area contributed by atoms with E-state index in [1.54, 1.807) is 0 Å². The molecule has 1 heterocycles.